The second-order valence-corrected chi connectivity index (χ2v) is 6.02. The first-order valence-electron chi connectivity index (χ1n) is 6.94. The molecule has 0 bridgehead atoms. The highest BCUT2D eigenvalue weighted by molar-refractivity contribution is 6.36. The molecule has 21 heavy (non-hydrogen) atoms. The van der Waals surface area contributed by atoms with Gasteiger partial charge in [-0.1, -0.05) is 36.0 Å². The smallest absolute Gasteiger partial charge is 0.309 e. The molecule has 114 valence electrons. The minimum atomic E-state index is -0.857. The van der Waals surface area contributed by atoms with Crippen LogP contribution in [0.1, 0.15) is 32.6 Å². The second-order valence-electron chi connectivity index (χ2n) is 5.17. The van der Waals surface area contributed by atoms with Gasteiger partial charge < -0.3 is 10.1 Å². The van der Waals surface area contributed by atoms with E-state index in [0.29, 0.717) is 15.7 Å². The highest BCUT2D eigenvalue weighted by Crippen LogP contribution is 2.27. The minimum absolute atomic E-state index is 0.0700. The first-order valence-corrected chi connectivity index (χ1v) is 7.69. The zero-order chi connectivity index (χ0) is 15.4. The number of ether oxygens (including phenoxy) is 1. The summed E-state index contributed by atoms with van der Waals surface area (Å²) in [6.07, 6.45) is 2.92. The summed E-state index contributed by atoms with van der Waals surface area (Å²) < 4.78 is 5.21. The van der Waals surface area contributed by atoms with Crippen LogP contribution in [-0.2, 0) is 14.3 Å². The molecule has 0 spiro atoms. The lowest BCUT2D eigenvalue weighted by Gasteiger charge is -2.16. The molecule has 0 heterocycles. The van der Waals surface area contributed by atoms with Gasteiger partial charge in [-0.05, 0) is 38.0 Å². The fourth-order valence-electron chi connectivity index (χ4n) is 2.31. The van der Waals surface area contributed by atoms with E-state index >= 15 is 0 Å². The monoisotopic (exact) mass is 329 g/mol. The summed E-state index contributed by atoms with van der Waals surface area (Å²) in [6, 6.07) is 4.76. The zero-order valence-corrected chi connectivity index (χ0v) is 13.2. The summed E-state index contributed by atoms with van der Waals surface area (Å²) >= 11 is 11.8. The number of carbonyl (C=O) groups excluding carboxylic acids is 2. The molecule has 0 radical (unpaired) electrons. The van der Waals surface area contributed by atoms with Gasteiger partial charge in [0.2, 0.25) is 0 Å². The Labute approximate surface area is 133 Å². The third kappa shape index (κ3) is 4.35. The molecule has 4 nitrogen and oxygen atoms in total. The van der Waals surface area contributed by atoms with E-state index in [1.54, 1.807) is 19.1 Å². The van der Waals surface area contributed by atoms with Crippen LogP contribution in [0.3, 0.4) is 0 Å². The topological polar surface area (TPSA) is 55.4 Å². The van der Waals surface area contributed by atoms with Gasteiger partial charge >= 0.3 is 5.97 Å². The van der Waals surface area contributed by atoms with E-state index in [9.17, 15) is 9.59 Å². The van der Waals surface area contributed by atoms with Crippen LogP contribution in [0.5, 0.6) is 0 Å². The Hall–Kier alpha value is -1.26. The van der Waals surface area contributed by atoms with E-state index in [1.165, 1.54) is 6.07 Å². The number of halogens is 2. The van der Waals surface area contributed by atoms with Crippen molar-refractivity contribution in [1.29, 1.82) is 0 Å². The average molecular weight is 330 g/mol. The Morgan fingerprint density at radius 2 is 1.95 bits per heavy atom. The SMILES string of the molecule is C[C@@H](OC(=O)C1CCCC1)C(=O)Nc1ccc(Cl)cc1Cl. The van der Waals surface area contributed by atoms with Crippen LogP contribution in [0.15, 0.2) is 18.2 Å². The second kappa shape index (κ2) is 7.14. The van der Waals surface area contributed by atoms with Gasteiger partial charge in [-0.3, -0.25) is 9.59 Å². The van der Waals surface area contributed by atoms with Gasteiger partial charge in [0.05, 0.1) is 16.6 Å². The third-order valence-corrected chi connectivity index (χ3v) is 4.09. The van der Waals surface area contributed by atoms with Gasteiger partial charge in [-0.15, -0.1) is 0 Å². The highest BCUT2D eigenvalue weighted by Gasteiger charge is 2.27. The maximum absolute atomic E-state index is 12.0. The predicted molar refractivity (Wildman–Crippen MR) is 82.6 cm³/mol. The Balaban J connectivity index is 1.91. The summed E-state index contributed by atoms with van der Waals surface area (Å²) in [7, 11) is 0. The van der Waals surface area contributed by atoms with Crippen LogP contribution >= 0.6 is 23.2 Å². The van der Waals surface area contributed by atoms with E-state index < -0.39 is 12.0 Å². The molecule has 2 rings (SSSR count). The van der Waals surface area contributed by atoms with E-state index in [-0.39, 0.29) is 11.9 Å². The lowest BCUT2D eigenvalue weighted by molar-refractivity contribution is -0.157. The maximum Gasteiger partial charge on any atom is 0.309 e. The van der Waals surface area contributed by atoms with Gasteiger partial charge in [0, 0.05) is 5.02 Å². The Bertz CT molecular complexity index is 542. The number of amides is 1. The molecule has 1 atom stereocenters. The standard InChI is InChI=1S/C15H17Cl2NO3/c1-9(21-15(20)10-4-2-3-5-10)14(19)18-13-7-6-11(16)8-12(13)17/h6-10H,2-5H2,1H3,(H,18,19)/t9-/m1/s1. The Morgan fingerprint density at radius 1 is 1.29 bits per heavy atom. The minimum Gasteiger partial charge on any atom is -0.452 e. The molecule has 1 saturated carbocycles. The third-order valence-electron chi connectivity index (χ3n) is 3.54. The molecule has 1 aliphatic carbocycles. The molecule has 1 aromatic rings. The summed E-state index contributed by atoms with van der Waals surface area (Å²) in [6.45, 7) is 1.55. The Kier molecular flexibility index (Phi) is 5.48. The van der Waals surface area contributed by atoms with Crippen LogP contribution in [-0.4, -0.2) is 18.0 Å². The molecule has 1 aliphatic rings. The van der Waals surface area contributed by atoms with Crippen LogP contribution < -0.4 is 5.32 Å². The largest absolute Gasteiger partial charge is 0.452 e. The first-order chi connectivity index (χ1) is 9.97. The number of anilines is 1. The molecule has 0 unspecified atom stereocenters. The molecule has 0 aromatic heterocycles. The molecular formula is C15H17Cl2NO3. The van der Waals surface area contributed by atoms with Crippen molar-refractivity contribution in [3.05, 3.63) is 28.2 Å². The lowest BCUT2D eigenvalue weighted by atomic mass is 10.1. The fourth-order valence-corrected chi connectivity index (χ4v) is 2.77. The van der Waals surface area contributed by atoms with Gasteiger partial charge in [0.25, 0.3) is 5.91 Å². The fraction of sp³-hybridized carbons (Fsp3) is 0.467. The van der Waals surface area contributed by atoms with E-state index in [2.05, 4.69) is 5.32 Å². The van der Waals surface area contributed by atoms with E-state index in [1.807, 2.05) is 0 Å². The average Bonchev–Trinajstić information content (AvgIpc) is 2.95. The summed E-state index contributed by atoms with van der Waals surface area (Å²) in [5.41, 5.74) is 0.440. The number of hydrogen-bond donors (Lipinski definition) is 1. The quantitative estimate of drug-likeness (QED) is 0.847. The van der Waals surface area contributed by atoms with Gasteiger partial charge in [0.1, 0.15) is 0 Å². The molecule has 0 aliphatic heterocycles. The number of nitrogens with one attached hydrogen (secondary N) is 1. The van der Waals surface area contributed by atoms with Crippen molar-refractivity contribution >= 4 is 40.8 Å². The van der Waals surface area contributed by atoms with Crippen molar-refractivity contribution < 1.29 is 14.3 Å². The number of carbonyl (C=O) groups is 2. The number of rotatable bonds is 4. The molecular weight excluding hydrogens is 313 g/mol. The van der Waals surface area contributed by atoms with Crippen LogP contribution in [0.25, 0.3) is 0 Å². The summed E-state index contributed by atoms with van der Waals surface area (Å²) in [5.74, 6) is -0.776. The van der Waals surface area contributed by atoms with Crippen LogP contribution in [0.2, 0.25) is 10.0 Å². The predicted octanol–water partition coefficient (Wildman–Crippen LogP) is 4.05. The number of benzene rings is 1. The van der Waals surface area contributed by atoms with Crippen LogP contribution in [0, 0.1) is 5.92 Å². The van der Waals surface area contributed by atoms with E-state index in [0.717, 1.165) is 25.7 Å². The molecule has 1 N–H and O–H groups in total. The van der Waals surface area contributed by atoms with Crippen molar-refractivity contribution in [3.63, 3.8) is 0 Å². The number of esters is 1. The van der Waals surface area contributed by atoms with Crippen molar-refractivity contribution in [3.8, 4) is 0 Å². The van der Waals surface area contributed by atoms with Crippen molar-refractivity contribution in [2.45, 2.75) is 38.7 Å². The van der Waals surface area contributed by atoms with E-state index in [4.69, 9.17) is 27.9 Å². The van der Waals surface area contributed by atoms with Crippen molar-refractivity contribution in [1.82, 2.24) is 0 Å². The highest BCUT2D eigenvalue weighted by atomic mass is 35.5. The normalized spacial score (nSPS) is 16.5. The zero-order valence-electron chi connectivity index (χ0n) is 11.7. The van der Waals surface area contributed by atoms with Gasteiger partial charge in [0.15, 0.2) is 6.10 Å². The van der Waals surface area contributed by atoms with Crippen molar-refractivity contribution in [2.24, 2.45) is 5.92 Å². The lowest BCUT2D eigenvalue weighted by Crippen LogP contribution is -2.31. The van der Waals surface area contributed by atoms with Gasteiger partial charge in [-0.25, -0.2) is 0 Å². The first kappa shape index (κ1) is 16.1. The molecule has 6 heteroatoms. The molecule has 1 amide bonds. The summed E-state index contributed by atoms with van der Waals surface area (Å²) in [5, 5.41) is 3.45. The molecule has 1 fully saturated rings. The molecule has 0 saturated heterocycles. The van der Waals surface area contributed by atoms with Crippen molar-refractivity contribution in [2.75, 3.05) is 5.32 Å². The maximum atomic E-state index is 12.0. The van der Waals surface area contributed by atoms with Gasteiger partial charge in [-0.2, -0.15) is 0 Å². The summed E-state index contributed by atoms with van der Waals surface area (Å²) in [4.78, 5) is 23.9. The molecule has 1 aromatic carbocycles. The Morgan fingerprint density at radius 3 is 2.57 bits per heavy atom. The van der Waals surface area contributed by atoms with Crippen LogP contribution in [0.4, 0.5) is 5.69 Å². The number of hydrogen-bond acceptors (Lipinski definition) is 3.